The minimum absolute atomic E-state index is 0.286. The van der Waals surface area contributed by atoms with Gasteiger partial charge in [-0.05, 0) is 48.9 Å². The lowest BCUT2D eigenvalue weighted by atomic mass is 9.86. The largest absolute Gasteiger partial charge is 0.497 e. The molecule has 1 saturated heterocycles. The molecule has 3 aromatic rings. The van der Waals surface area contributed by atoms with Crippen molar-refractivity contribution in [1.82, 2.24) is 4.90 Å². The first kappa shape index (κ1) is 19.1. The minimum atomic E-state index is -0.916. The number of rotatable bonds is 4. The Hall–Kier alpha value is -3.93. The van der Waals surface area contributed by atoms with Gasteiger partial charge >= 0.3 is 0 Å². The van der Waals surface area contributed by atoms with Gasteiger partial charge in [0.15, 0.2) is 0 Å². The Balaban J connectivity index is 1.60. The molecule has 3 aromatic carbocycles. The van der Waals surface area contributed by atoms with Gasteiger partial charge in [0.2, 0.25) is 0 Å². The second-order valence-electron chi connectivity index (χ2n) is 7.74. The molecule has 0 saturated carbocycles. The molecule has 0 N–H and O–H groups in total. The number of carbonyl (C=O) groups excluding carboxylic acids is 3. The lowest BCUT2D eigenvalue weighted by Gasteiger charge is -2.49. The number of amides is 3. The predicted molar refractivity (Wildman–Crippen MR) is 115 cm³/mol. The number of β-lactam (4-membered cyclic amide) rings is 1. The summed E-state index contributed by atoms with van der Waals surface area (Å²) < 4.78 is 5.36. The van der Waals surface area contributed by atoms with Crippen molar-refractivity contribution in [2.45, 2.75) is 19.0 Å². The number of carbonyl (C=O) groups is 3. The zero-order valence-electron chi connectivity index (χ0n) is 17.1. The summed E-state index contributed by atoms with van der Waals surface area (Å²) in [6, 6.07) is 20.2. The third kappa shape index (κ3) is 2.83. The number of benzene rings is 3. The van der Waals surface area contributed by atoms with Crippen LogP contribution in [0.15, 0.2) is 72.8 Å². The first-order valence-corrected chi connectivity index (χ1v) is 10.0. The maximum absolute atomic E-state index is 13.4. The van der Waals surface area contributed by atoms with E-state index in [9.17, 15) is 14.4 Å². The molecule has 31 heavy (non-hydrogen) atoms. The fourth-order valence-corrected chi connectivity index (χ4v) is 4.34. The van der Waals surface area contributed by atoms with Crippen LogP contribution in [0.4, 0.5) is 5.69 Å². The van der Waals surface area contributed by atoms with E-state index < -0.39 is 23.9 Å². The highest BCUT2D eigenvalue weighted by molar-refractivity contribution is 6.24. The van der Waals surface area contributed by atoms with E-state index in [0.717, 1.165) is 21.7 Å². The molecule has 0 aromatic heterocycles. The molecule has 3 amide bonds. The highest BCUT2D eigenvalue weighted by Gasteiger charge is 2.57. The van der Waals surface area contributed by atoms with Gasteiger partial charge in [0.1, 0.15) is 11.8 Å². The second-order valence-corrected chi connectivity index (χ2v) is 7.74. The molecular formula is C25H20N2O4. The summed E-state index contributed by atoms with van der Waals surface area (Å²) in [5.74, 6) is -0.515. The van der Waals surface area contributed by atoms with E-state index in [1.165, 1.54) is 0 Å². The average Bonchev–Trinajstić information content (AvgIpc) is 3.04. The molecule has 2 unspecified atom stereocenters. The SMILES string of the molecule is COc1cccc(C2C(N3C(=O)c4ccccc4C3=O)C(=O)N2c2ccc(C)cc2)c1. The van der Waals surface area contributed by atoms with Crippen molar-refractivity contribution in [2.24, 2.45) is 0 Å². The van der Waals surface area contributed by atoms with Gasteiger partial charge in [0, 0.05) is 5.69 Å². The first-order valence-electron chi connectivity index (χ1n) is 10.0. The summed E-state index contributed by atoms with van der Waals surface area (Å²) in [5.41, 5.74) is 3.25. The van der Waals surface area contributed by atoms with Gasteiger partial charge in [0.25, 0.3) is 17.7 Å². The van der Waals surface area contributed by atoms with Crippen molar-refractivity contribution in [1.29, 1.82) is 0 Å². The summed E-state index contributed by atoms with van der Waals surface area (Å²) in [7, 11) is 1.57. The summed E-state index contributed by atoms with van der Waals surface area (Å²) >= 11 is 0. The monoisotopic (exact) mass is 412 g/mol. The second kappa shape index (κ2) is 7.09. The Labute approximate surface area is 179 Å². The van der Waals surface area contributed by atoms with E-state index >= 15 is 0 Å². The van der Waals surface area contributed by atoms with Crippen molar-refractivity contribution in [3.05, 3.63) is 95.1 Å². The van der Waals surface area contributed by atoms with Crippen LogP contribution >= 0.6 is 0 Å². The average molecular weight is 412 g/mol. The van der Waals surface area contributed by atoms with Gasteiger partial charge < -0.3 is 9.64 Å². The van der Waals surface area contributed by atoms with E-state index in [1.54, 1.807) is 36.3 Å². The molecule has 6 nitrogen and oxygen atoms in total. The molecule has 2 aliphatic rings. The fraction of sp³-hybridized carbons (Fsp3) is 0.160. The summed E-state index contributed by atoms with van der Waals surface area (Å²) in [4.78, 5) is 42.3. The van der Waals surface area contributed by atoms with E-state index in [2.05, 4.69) is 0 Å². The normalized spacial score (nSPS) is 20.0. The number of methoxy groups -OCH3 is 1. The topological polar surface area (TPSA) is 66.9 Å². The summed E-state index contributed by atoms with van der Waals surface area (Å²) in [6.45, 7) is 1.98. The molecule has 0 aliphatic carbocycles. The molecular weight excluding hydrogens is 392 g/mol. The highest BCUT2D eigenvalue weighted by atomic mass is 16.5. The Bertz CT molecular complexity index is 1180. The van der Waals surface area contributed by atoms with Crippen molar-refractivity contribution < 1.29 is 19.1 Å². The number of aryl methyl sites for hydroxylation is 1. The Morgan fingerprint density at radius 1 is 0.742 bits per heavy atom. The molecule has 0 radical (unpaired) electrons. The number of hydrogen-bond donors (Lipinski definition) is 0. The Morgan fingerprint density at radius 2 is 1.39 bits per heavy atom. The molecule has 6 heteroatoms. The fourth-order valence-electron chi connectivity index (χ4n) is 4.34. The molecule has 0 spiro atoms. The zero-order chi connectivity index (χ0) is 21.7. The molecule has 2 atom stereocenters. The number of ether oxygens (including phenoxy) is 1. The van der Waals surface area contributed by atoms with E-state index in [0.29, 0.717) is 16.9 Å². The molecule has 2 heterocycles. The molecule has 154 valence electrons. The van der Waals surface area contributed by atoms with Gasteiger partial charge in [-0.25, -0.2) is 0 Å². The van der Waals surface area contributed by atoms with Crippen molar-refractivity contribution in [3.8, 4) is 5.75 Å². The number of nitrogens with zero attached hydrogens (tertiary/aromatic N) is 2. The van der Waals surface area contributed by atoms with Gasteiger partial charge in [-0.15, -0.1) is 0 Å². The first-order chi connectivity index (χ1) is 15.0. The van der Waals surface area contributed by atoms with Gasteiger partial charge in [0.05, 0.1) is 24.3 Å². The smallest absolute Gasteiger partial charge is 0.262 e. The zero-order valence-corrected chi connectivity index (χ0v) is 17.1. The molecule has 1 fully saturated rings. The number of anilines is 1. The number of fused-ring (bicyclic) bond motifs is 1. The van der Waals surface area contributed by atoms with Crippen molar-refractivity contribution in [2.75, 3.05) is 12.0 Å². The maximum atomic E-state index is 13.4. The van der Waals surface area contributed by atoms with Crippen LogP contribution < -0.4 is 9.64 Å². The van der Waals surface area contributed by atoms with Gasteiger partial charge in [-0.3, -0.25) is 19.3 Å². The van der Waals surface area contributed by atoms with Crippen molar-refractivity contribution in [3.63, 3.8) is 0 Å². The third-order valence-corrected chi connectivity index (χ3v) is 5.92. The lowest BCUT2D eigenvalue weighted by molar-refractivity contribution is -0.130. The van der Waals surface area contributed by atoms with Crippen LogP contribution in [0.3, 0.4) is 0 Å². The van der Waals surface area contributed by atoms with Gasteiger partial charge in [-0.2, -0.15) is 0 Å². The highest BCUT2D eigenvalue weighted by Crippen LogP contribution is 2.44. The quantitative estimate of drug-likeness (QED) is 0.484. The predicted octanol–water partition coefficient (Wildman–Crippen LogP) is 3.76. The van der Waals surface area contributed by atoms with Crippen molar-refractivity contribution >= 4 is 23.4 Å². The number of imide groups is 1. The molecule has 0 bridgehead atoms. The van der Waals surface area contributed by atoms with E-state index in [1.807, 2.05) is 55.5 Å². The van der Waals surface area contributed by atoms with Gasteiger partial charge in [-0.1, -0.05) is 42.0 Å². The Morgan fingerprint density at radius 3 is 2.00 bits per heavy atom. The maximum Gasteiger partial charge on any atom is 0.262 e. The summed E-state index contributed by atoms with van der Waals surface area (Å²) in [6.07, 6.45) is 0. The van der Waals surface area contributed by atoms with Crippen LogP contribution in [0.25, 0.3) is 0 Å². The van der Waals surface area contributed by atoms with Crippen LogP contribution in [0.5, 0.6) is 5.75 Å². The molecule has 2 aliphatic heterocycles. The van der Waals surface area contributed by atoms with Crippen LogP contribution in [-0.4, -0.2) is 35.8 Å². The lowest BCUT2D eigenvalue weighted by Crippen LogP contribution is -2.67. The minimum Gasteiger partial charge on any atom is -0.497 e. The van der Waals surface area contributed by atoms with Crippen LogP contribution in [0.2, 0.25) is 0 Å². The Kier molecular flexibility index (Phi) is 4.36. The molecule has 5 rings (SSSR count). The van der Waals surface area contributed by atoms with Crippen LogP contribution in [0.1, 0.15) is 37.9 Å². The van der Waals surface area contributed by atoms with Crippen LogP contribution in [0, 0.1) is 6.92 Å². The standard InChI is InChI=1S/C25H20N2O4/c1-15-10-12-17(13-11-15)26-21(16-6-5-7-18(14-16)31-2)22(25(26)30)27-23(28)19-8-3-4-9-20(19)24(27)29/h3-14,21-22H,1-2H3. The van der Waals surface area contributed by atoms with E-state index in [4.69, 9.17) is 4.74 Å². The third-order valence-electron chi connectivity index (χ3n) is 5.92. The summed E-state index contributed by atoms with van der Waals surface area (Å²) in [5, 5.41) is 0. The van der Waals surface area contributed by atoms with Crippen LogP contribution in [-0.2, 0) is 4.79 Å². The van der Waals surface area contributed by atoms with E-state index in [-0.39, 0.29) is 5.91 Å². The number of hydrogen-bond acceptors (Lipinski definition) is 4.